The van der Waals surface area contributed by atoms with Crippen LogP contribution in [0.5, 0.6) is 0 Å². The van der Waals surface area contributed by atoms with Crippen molar-refractivity contribution in [3.05, 3.63) is 33.8 Å². The van der Waals surface area contributed by atoms with E-state index in [9.17, 15) is 4.79 Å². The van der Waals surface area contributed by atoms with Gasteiger partial charge in [-0.25, -0.2) is 0 Å². The lowest BCUT2D eigenvalue weighted by Gasteiger charge is -2.35. The Hall–Kier alpha value is -0.770. The topological polar surface area (TPSA) is 32.3 Å². The Labute approximate surface area is 130 Å². The van der Waals surface area contributed by atoms with Crippen LogP contribution < -0.4 is 5.32 Å². The number of carbonyl (C=O) groups excluding carboxylic acids is 1. The highest BCUT2D eigenvalue weighted by Gasteiger charge is 2.27. The van der Waals surface area contributed by atoms with Crippen molar-refractivity contribution in [2.75, 3.05) is 19.6 Å². The Kier molecular flexibility index (Phi) is 5.70. The van der Waals surface area contributed by atoms with Gasteiger partial charge in [-0.05, 0) is 44.5 Å². The first kappa shape index (κ1) is 15.6. The molecular weight excluding hydrogens is 295 g/mol. The maximum Gasteiger partial charge on any atom is 0.257 e. The fraction of sp³-hybridized carbons (Fsp3) is 0.533. The van der Waals surface area contributed by atoms with Crippen molar-refractivity contribution in [1.29, 1.82) is 0 Å². The van der Waals surface area contributed by atoms with Gasteiger partial charge in [-0.3, -0.25) is 4.79 Å². The van der Waals surface area contributed by atoms with Crippen LogP contribution in [0.15, 0.2) is 18.2 Å². The van der Waals surface area contributed by atoms with Crippen molar-refractivity contribution in [3.63, 3.8) is 0 Å². The molecule has 1 N–H and O–H groups in total. The number of carbonyl (C=O) groups is 1. The lowest BCUT2D eigenvalue weighted by atomic mass is 10.0. The monoisotopic (exact) mass is 314 g/mol. The van der Waals surface area contributed by atoms with Gasteiger partial charge < -0.3 is 10.2 Å². The number of hydrogen-bond donors (Lipinski definition) is 1. The van der Waals surface area contributed by atoms with Crippen molar-refractivity contribution >= 4 is 29.1 Å². The number of nitrogens with one attached hydrogen (secondary N) is 1. The van der Waals surface area contributed by atoms with Gasteiger partial charge in [0.1, 0.15) is 0 Å². The maximum absolute atomic E-state index is 12.8. The number of amides is 1. The highest BCUT2D eigenvalue weighted by Crippen LogP contribution is 2.27. The highest BCUT2D eigenvalue weighted by atomic mass is 35.5. The quantitative estimate of drug-likeness (QED) is 0.921. The molecular formula is C15H20Cl2N2O. The summed E-state index contributed by atoms with van der Waals surface area (Å²) in [5, 5.41) is 4.18. The van der Waals surface area contributed by atoms with Crippen LogP contribution in [0.1, 0.15) is 36.5 Å². The summed E-state index contributed by atoms with van der Waals surface area (Å²) in [6.07, 6.45) is 2.89. The molecule has 20 heavy (non-hydrogen) atoms. The van der Waals surface area contributed by atoms with E-state index in [1.54, 1.807) is 18.2 Å². The molecule has 1 aromatic rings. The van der Waals surface area contributed by atoms with Gasteiger partial charge in [-0.15, -0.1) is 0 Å². The average molecular weight is 315 g/mol. The van der Waals surface area contributed by atoms with E-state index < -0.39 is 0 Å². The van der Waals surface area contributed by atoms with Crippen LogP contribution in [-0.2, 0) is 0 Å². The van der Waals surface area contributed by atoms with Crippen LogP contribution in [0.3, 0.4) is 0 Å². The minimum atomic E-state index is -0.0469. The van der Waals surface area contributed by atoms with Crippen molar-refractivity contribution in [3.8, 4) is 0 Å². The first-order valence-electron chi connectivity index (χ1n) is 7.10. The third-order valence-corrected chi connectivity index (χ3v) is 4.28. The van der Waals surface area contributed by atoms with Gasteiger partial charge in [0.2, 0.25) is 0 Å². The third kappa shape index (κ3) is 3.46. The zero-order valence-electron chi connectivity index (χ0n) is 11.7. The summed E-state index contributed by atoms with van der Waals surface area (Å²) in [7, 11) is 0. The molecule has 0 spiro atoms. The smallest absolute Gasteiger partial charge is 0.257 e. The normalized spacial score (nSPS) is 16.1. The van der Waals surface area contributed by atoms with E-state index in [1.807, 2.05) is 4.90 Å². The molecule has 1 aliphatic heterocycles. The van der Waals surface area contributed by atoms with Crippen molar-refractivity contribution in [2.45, 2.75) is 32.2 Å². The largest absolute Gasteiger partial charge is 0.335 e. The minimum Gasteiger partial charge on any atom is -0.335 e. The Bertz CT molecular complexity index is 453. The molecule has 0 unspecified atom stereocenters. The Morgan fingerprint density at radius 3 is 2.45 bits per heavy atom. The molecule has 1 saturated heterocycles. The second-order valence-electron chi connectivity index (χ2n) is 5.08. The fourth-order valence-electron chi connectivity index (χ4n) is 2.65. The lowest BCUT2D eigenvalue weighted by molar-refractivity contribution is 0.0643. The number of hydrogen-bond acceptors (Lipinski definition) is 2. The van der Waals surface area contributed by atoms with Crippen LogP contribution in [-0.4, -0.2) is 36.5 Å². The molecule has 3 nitrogen and oxygen atoms in total. The van der Waals surface area contributed by atoms with E-state index in [1.165, 1.54) is 0 Å². The maximum atomic E-state index is 12.8. The fourth-order valence-corrected chi connectivity index (χ4v) is 3.21. The molecule has 1 amide bonds. The van der Waals surface area contributed by atoms with Gasteiger partial charge in [-0.1, -0.05) is 36.2 Å². The third-order valence-electron chi connectivity index (χ3n) is 3.65. The summed E-state index contributed by atoms with van der Waals surface area (Å²) in [6, 6.07) is 5.47. The van der Waals surface area contributed by atoms with E-state index in [2.05, 4.69) is 12.2 Å². The summed E-state index contributed by atoms with van der Waals surface area (Å²) in [4.78, 5) is 14.8. The van der Waals surface area contributed by atoms with E-state index in [0.717, 1.165) is 38.9 Å². The first-order valence-corrected chi connectivity index (χ1v) is 7.86. The zero-order valence-corrected chi connectivity index (χ0v) is 13.2. The molecule has 1 aliphatic rings. The summed E-state index contributed by atoms with van der Waals surface area (Å²) in [5.74, 6) is -0.0469. The number of benzene rings is 1. The molecule has 0 aliphatic carbocycles. The van der Waals surface area contributed by atoms with Crippen molar-refractivity contribution < 1.29 is 4.79 Å². The molecule has 0 radical (unpaired) electrons. The molecule has 0 saturated carbocycles. The lowest BCUT2D eigenvalue weighted by Crippen LogP contribution is -2.46. The highest BCUT2D eigenvalue weighted by molar-refractivity contribution is 6.39. The second-order valence-corrected chi connectivity index (χ2v) is 5.89. The molecule has 110 valence electrons. The van der Waals surface area contributed by atoms with E-state index in [0.29, 0.717) is 15.6 Å². The van der Waals surface area contributed by atoms with E-state index in [-0.39, 0.29) is 11.9 Å². The SMILES string of the molecule is CCCN(C(=O)c1c(Cl)cccc1Cl)C1CCNCC1. The molecule has 0 bridgehead atoms. The summed E-state index contributed by atoms with van der Waals surface area (Å²) in [5.41, 5.74) is 0.433. The Morgan fingerprint density at radius 2 is 1.90 bits per heavy atom. The average Bonchev–Trinajstić information content (AvgIpc) is 2.45. The van der Waals surface area contributed by atoms with Crippen LogP contribution in [0.2, 0.25) is 10.0 Å². The summed E-state index contributed by atoms with van der Waals surface area (Å²) < 4.78 is 0. The predicted octanol–water partition coefficient (Wildman–Crippen LogP) is 3.60. The van der Waals surface area contributed by atoms with Gasteiger partial charge in [0.25, 0.3) is 5.91 Å². The standard InChI is InChI=1S/C15H20Cl2N2O/c1-2-10-19(11-6-8-18-9-7-11)15(20)14-12(16)4-3-5-13(14)17/h3-5,11,18H,2,6-10H2,1H3. The molecule has 0 atom stereocenters. The molecule has 1 heterocycles. The molecule has 2 rings (SSSR count). The van der Waals surface area contributed by atoms with Crippen LogP contribution in [0.4, 0.5) is 0 Å². The van der Waals surface area contributed by atoms with Gasteiger partial charge >= 0.3 is 0 Å². The van der Waals surface area contributed by atoms with Crippen LogP contribution in [0.25, 0.3) is 0 Å². The van der Waals surface area contributed by atoms with E-state index in [4.69, 9.17) is 23.2 Å². The number of halogens is 2. The summed E-state index contributed by atoms with van der Waals surface area (Å²) in [6.45, 7) is 4.73. The van der Waals surface area contributed by atoms with Gasteiger partial charge in [0.15, 0.2) is 0 Å². The summed E-state index contributed by atoms with van der Waals surface area (Å²) >= 11 is 12.3. The van der Waals surface area contributed by atoms with E-state index >= 15 is 0 Å². The molecule has 1 aromatic carbocycles. The molecule has 1 fully saturated rings. The van der Waals surface area contributed by atoms with Crippen molar-refractivity contribution in [1.82, 2.24) is 10.2 Å². The number of nitrogens with zero attached hydrogens (tertiary/aromatic N) is 1. The molecule has 0 aromatic heterocycles. The second kappa shape index (κ2) is 7.30. The van der Waals surface area contributed by atoms with Gasteiger partial charge in [0.05, 0.1) is 15.6 Å². The zero-order chi connectivity index (χ0) is 14.5. The van der Waals surface area contributed by atoms with Crippen LogP contribution >= 0.6 is 23.2 Å². The predicted molar refractivity (Wildman–Crippen MR) is 83.7 cm³/mol. The Balaban J connectivity index is 2.26. The van der Waals surface area contributed by atoms with Crippen molar-refractivity contribution in [2.24, 2.45) is 0 Å². The molecule has 5 heteroatoms. The first-order chi connectivity index (χ1) is 9.65. The number of piperidine rings is 1. The van der Waals surface area contributed by atoms with Gasteiger partial charge in [-0.2, -0.15) is 0 Å². The number of rotatable bonds is 4. The van der Waals surface area contributed by atoms with Gasteiger partial charge in [0, 0.05) is 12.6 Å². The Morgan fingerprint density at radius 1 is 1.30 bits per heavy atom. The van der Waals surface area contributed by atoms with Crippen LogP contribution in [0, 0.1) is 0 Å². The minimum absolute atomic E-state index is 0.0469.